The Morgan fingerprint density at radius 1 is 1.20 bits per heavy atom. The Labute approximate surface area is 204 Å². The summed E-state index contributed by atoms with van der Waals surface area (Å²) in [4.78, 5) is 34.5. The fourth-order valence-electron chi connectivity index (χ4n) is 5.01. The molecule has 2 aliphatic rings. The molecule has 0 radical (unpaired) electrons. The van der Waals surface area contributed by atoms with Gasteiger partial charge in [0.25, 0.3) is 5.91 Å². The second-order valence-corrected chi connectivity index (χ2v) is 9.45. The van der Waals surface area contributed by atoms with Gasteiger partial charge in [0, 0.05) is 51.1 Å². The van der Waals surface area contributed by atoms with Crippen molar-refractivity contribution in [3.05, 3.63) is 60.4 Å². The van der Waals surface area contributed by atoms with Crippen LogP contribution in [0.2, 0.25) is 0 Å². The van der Waals surface area contributed by atoms with Gasteiger partial charge in [-0.25, -0.2) is 4.98 Å². The molecule has 2 aliphatic heterocycles. The number of hydrogen-bond donors (Lipinski definition) is 1. The van der Waals surface area contributed by atoms with E-state index < -0.39 is 5.60 Å². The standard InChI is InChI=1S/C26H31N5O4/c1-28(18-26(34)11-14-30(19-26)23-5-2-4-22-27-12-15-31(22)23)25(33)20-7-9-21(10-8-20)35-17-16-29-13-3-6-24(29)32/h2,4-5,7-10,12,15,34H,3,6,11,13-14,16-19H2,1H3/t26-/m1/s1. The van der Waals surface area contributed by atoms with Crippen molar-refractivity contribution in [1.82, 2.24) is 19.2 Å². The number of carbonyl (C=O) groups is 2. The molecule has 3 aromatic rings. The number of anilines is 1. The van der Waals surface area contributed by atoms with Gasteiger partial charge in [-0.1, -0.05) is 6.07 Å². The summed E-state index contributed by atoms with van der Waals surface area (Å²) >= 11 is 0. The van der Waals surface area contributed by atoms with E-state index >= 15 is 0 Å². The van der Waals surface area contributed by atoms with Gasteiger partial charge in [-0.2, -0.15) is 0 Å². The molecule has 0 saturated carbocycles. The Morgan fingerprint density at radius 2 is 2.03 bits per heavy atom. The highest BCUT2D eigenvalue weighted by Gasteiger charge is 2.38. The number of hydrogen-bond acceptors (Lipinski definition) is 6. The van der Waals surface area contributed by atoms with Crippen LogP contribution in [-0.2, 0) is 4.79 Å². The molecule has 1 N–H and O–H groups in total. The van der Waals surface area contributed by atoms with Gasteiger partial charge in [-0.3, -0.25) is 14.0 Å². The largest absolute Gasteiger partial charge is 0.492 e. The molecule has 2 fully saturated rings. The molecular weight excluding hydrogens is 446 g/mol. The Kier molecular flexibility index (Phi) is 6.34. The first-order chi connectivity index (χ1) is 16.9. The lowest BCUT2D eigenvalue weighted by molar-refractivity contribution is -0.128. The summed E-state index contributed by atoms with van der Waals surface area (Å²) in [5, 5.41) is 11.3. The van der Waals surface area contributed by atoms with Crippen LogP contribution >= 0.6 is 0 Å². The average molecular weight is 478 g/mol. The van der Waals surface area contributed by atoms with E-state index in [1.807, 2.05) is 33.7 Å². The predicted octanol–water partition coefficient (Wildman–Crippen LogP) is 2.05. The van der Waals surface area contributed by atoms with E-state index in [0.29, 0.717) is 50.4 Å². The second kappa shape index (κ2) is 9.58. The molecule has 184 valence electrons. The fourth-order valence-corrected chi connectivity index (χ4v) is 5.01. The molecule has 2 saturated heterocycles. The van der Waals surface area contributed by atoms with E-state index in [0.717, 1.165) is 24.4 Å². The SMILES string of the molecule is CN(C[C@]1(O)CCN(c2cccc3nccn23)C1)C(=O)c1ccc(OCCN2CCCC2=O)cc1. The number of rotatable bonds is 8. The van der Waals surface area contributed by atoms with E-state index in [2.05, 4.69) is 9.88 Å². The number of nitrogens with zero attached hydrogens (tertiary/aromatic N) is 5. The minimum Gasteiger partial charge on any atom is -0.492 e. The molecule has 0 unspecified atom stereocenters. The van der Waals surface area contributed by atoms with E-state index in [4.69, 9.17) is 4.74 Å². The van der Waals surface area contributed by atoms with Crippen LogP contribution < -0.4 is 9.64 Å². The number of amides is 2. The van der Waals surface area contributed by atoms with Gasteiger partial charge in [0.1, 0.15) is 29.4 Å². The third kappa shape index (κ3) is 4.95. The Morgan fingerprint density at radius 3 is 2.80 bits per heavy atom. The topological polar surface area (TPSA) is 90.6 Å². The highest BCUT2D eigenvalue weighted by Crippen LogP contribution is 2.28. The van der Waals surface area contributed by atoms with E-state index in [1.54, 1.807) is 42.4 Å². The van der Waals surface area contributed by atoms with Crippen molar-refractivity contribution in [2.75, 3.05) is 51.3 Å². The molecular formula is C26H31N5O4. The van der Waals surface area contributed by atoms with Gasteiger partial charge in [0.2, 0.25) is 5.91 Å². The minimum absolute atomic E-state index is 0.150. The number of carbonyl (C=O) groups excluding carboxylic acids is 2. The monoisotopic (exact) mass is 477 g/mol. The first kappa shape index (κ1) is 23.2. The molecule has 2 amide bonds. The van der Waals surface area contributed by atoms with Crippen molar-refractivity contribution >= 4 is 23.3 Å². The Hall–Kier alpha value is -3.59. The van der Waals surface area contributed by atoms with Crippen molar-refractivity contribution < 1.29 is 19.4 Å². The number of likely N-dealkylation sites (N-methyl/N-ethyl adjacent to an activating group) is 1. The fraction of sp³-hybridized carbons (Fsp3) is 0.423. The third-order valence-corrected chi connectivity index (χ3v) is 6.84. The van der Waals surface area contributed by atoms with Gasteiger partial charge in [-0.15, -0.1) is 0 Å². The summed E-state index contributed by atoms with van der Waals surface area (Å²) in [6, 6.07) is 12.9. The number of aliphatic hydroxyl groups is 1. The van der Waals surface area contributed by atoms with Crippen LogP contribution in [0.5, 0.6) is 5.75 Å². The molecule has 35 heavy (non-hydrogen) atoms. The van der Waals surface area contributed by atoms with Crippen molar-refractivity contribution in [2.24, 2.45) is 0 Å². The van der Waals surface area contributed by atoms with E-state index in [-0.39, 0.29) is 18.4 Å². The smallest absolute Gasteiger partial charge is 0.253 e. The maximum absolute atomic E-state index is 13.0. The molecule has 4 heterocycles. The molecule has 1 atom stereocenters. The molecule has 0 bridgehead atoms. The number of benzene rings is 1. The van der Waals surface area contributed by atoms with Gasteiger partial charge >= 0.3 is 0 Å². The number of aromatic nitrogens is 2. The third-order valence-electron chi connectivity index (χ3n) is 6.84. The number of β-amino-alcohol motifs (C(OH)–C–C–N with tert-alkyl or cyclic N) is 1. The van der Waals surface area contributed by atoms with Crippen LogP contribution in [0.4, 0.5) is 5.82 Å². The number of ether oxygens (including phenoxy) is 1. The predicted molar refractivity (Wildman–Crippen MR) is 132 cm³/mol. The molecule has 9 heteroatoms. The van der Waals surface area contributed by atoms with Gasteiger partial charge in [0.05, 0.1) is 13.1 Å². The number of imidazole rings is 1. The quantitative estimate of drug-likeness (QED) is 0.534. The first-order valence-corrected chi connectivity index (χ1v) is 12.1. The van der Waals surface area contributed by atoms with Crippen molar-refractivity contribution in [1.29, 1.82) is 0 Å². The van der Waals surface area contributed by atoms with Crippen LogP contribution in [0.3, 0.4) is 0 Å². The zero-order chi connectivity index (χ0) is 24.4. The van der Waals surface area contributed by atoms with Crippen LogP contribution in [0.1, 0.15) is 29.6 Å². The Bertz CT molecular complexity index is 1210. The van der Waals surface area contributed by atoms with Crippen LogP contribution in [0, 0.1) is 0 Å². The molecule has 1 aromatic carbocycles. The lowest BCUT2D eigenvalue weighted by Gasteiger charge is -2.29. The highest BCUT2D eigenvalue weighted by atomic mass is 16.5. The van der Waals surface area contributed by atoms with E-state index in [1.165, 1.54) is 0 Å². The summed E-state index contributed by atoms with van der Waals surface area (Å²) in [5.74, 6) is 1.68. The van der Waals surface area contributed by atoms with E-state index in [9.17, 15) is 14.7 Å². The van der Waals surface area contributed by atoms with Crippen LogP contribution in [-0.4, -0.2) is 88.1 Å². The number of pyridine rings is 1. The van der Waals surface area contributed by atoms with Crippen molar-refractivity contribution in [3.8, 4) is 5.75 Å². The molecule has 9 nitrogen and oxygen atoms in total. The van der Waals surface area contributed by atoms with Gasteiger partial charge in [0.15, 0.2) is 0 Å². The Balaban J connectivity index is 1.15. The number of likely N-dealkylation sites (tertiary alicyclic amines) is 1. The average Bonchev–Trinajstić information content (AvgIpc) is 3.59. The molecule has 0 spiro atoms. The number of fused-ring (bicyclic) bond motifs is 1. The van der Waals surface area contributed by atoms with Crippen molar-refractivity contribution in [3.63, 3.8) is 0 Å². The maximum atomic E-state index is 13.0. The van der Waals surface area contributed by atoms with Gasteiger partial charge in [-0.05, 0) is 49.2 Å². The highest BCUT2D eigenvalue weighted by molar-refractivity contribution is 5.94. The van der Waals surface area contributed by atoms with Crippen LogP contribution in [0.25, 0.3) is 5.65 Å². The molecule has 0 aliphatic carbocycles. The maximum Gasteiger partial charge on any atom is 0.253 e. The lowest BCUT2D eigenvalue weighted by Crippen LogP contribution is -2.46. The zero-order valence-electron chi connectivity index (χ0n) is 20.0. The summed E-state index contributed by atoms with van der Waals surface area (Å²) in [6.07, 6.45) is 5.78. The second-order valence-electron chi connectivity index (χ2n) is 9.45. The first-order valence-electron chi connectivity index (χ1n) is 12.1. The molecule has 2 aromatic heterocycles. The summed E-state index contributed by atoms with van der Waals surface area (Å²) < 4.78 is 7.75. The van der Waals surface area contributed by atoms with Crippen LogP contribution in [0.15, 0.2) is 54.9 Å². The molecule has 5 rings (SSSR count). The summed E-state index contributed by atoms with van der Waals surface area (Å²) in [7, 11) is 1.72. The normalized spacial score (nSPS) is 20.1. The van der Waals surface area contributed by atoms with Gasteiger partial charge < -0.3 is 24.5 Å². The summed E-state index contributed by atoms with van der Waals surface area (Å²) in [6.45, 7) is 3.18. The lowest BCUT2D eigenvalue weighted by atomic mass is 10.0. The zero-order valence-corrected chi connectivity index (χ0v) is 20.0. The van der Waals surface area contributed by atoms with Crippen molar-refractivity contribution in [2.45, 2.75) is 24.9 Å². The summed E-state index contributed by atoms with van der Waals surface area (Å²) in [5.41, 5.74) is 0.404. The minimum atomic E-state index is -0.997.